The molecule has 0 radical (unpaired) electrons. The molecule has 1 aliphatic rings. The highest BCUT2D eigenvalue weighted by Crippen LogP contribution is 2.23. The Kier molecular flexibility index (Phi) is 5.37. The zero-order chi connectivity index (χ0) is 15.3. The number of carbonyl (C=O) groups excluding carboxylic acids is 1. The van der Waals surface area contributed by atoms with Crippen LogP contribution in [0.4, 0.5) is 0 Å². The average molecular weight is 290 g/mol. The van der Waals surface area contributed by atoms with Gasteiger partial charge in [0.1, 0.15) is 6.10 Å². The van der Waals surface area contributed by atoms with Crippen molar-refractivity contribution in [2.75, 3.05) is 19.7 Å². The molecule has 1 heterocycles. The second-order valence-corrected chi connectivity index (χ2v) is 6.68. The van der Waals surface area contributed by atoms with Crippen LogP contribution in [0.25, 0.3) is 0 Å². The third-order valence-corrected chi connectivity index (χ3v) is 3.86. The molecule has 1 fully saturated rings. The van der Waals surface area contributed by atoms with Gasteiger partial charge in [0.25, 0.3) is 5.91 Å². The SMILES string of the molecule is CC(C)(C)[C@@H](Cc1ccccc1)NC(=O)[C@@H]1CNCCO1. The van der Waals surface area contributed by atoms with Crippen LogP contribution in [0.1, 0.15) is 26.3 Å². The van der Waals surface area contributed by atoms with Crippen molar-refractivity contribution in [3.63, 3.8) is 0 Å². The van der Waals surface area contributed by atoms with E-state index in [4.69, 9.17) is 4.74 Å². The number of ether oxygens (including phenoxy) is 1. The lowest BCUT2D eigenvalue weighted by Crippen LogP contribution is -2.53. The third kappa shape index (κ3) is 4.83. The Morgan fingerprint density at radius 2 is 2.10 bits per heavy atom. The zero-order valence-corrected chi connectivity index (χ0v) is 13.2. The maximum absolute atomic E-state index is 12.4. The first-order valence-electron chi connectivity index (χ1n) is 7.63. The number of hydrogen-bond acceptors (Lipinski definition) is 3. The number of benzene rings is 1. The van der Waals surface area contributed by atoms with E-state index in [-0.39, 0.29) is 23.5 Å². The summed E-state index contributed by atoms with van der Waals surface area (Å²) in [7, 11) is 0. The van der Waals surface area contributed by atoms with Gasteiger partial charge in [0.05, 0.1) is 6.61 Å². The summed E-state index contributed by atoms with van der Waals surface area (Å²) in [5.74, 6) is -0.0157. The van der Waals surface area contributed by atoms with Crippen molar-refractivity contribution >= 4 is 5.91 Å². The van der Waals surface area contributed by atoms with Crippen LogP contribution in [-0.2, 0) is 16.0 Å². The lowest BCUT2D eigenvalue weighted by atomic mass is 9.83. The predicted molar refractivity (Wildman–Crippen MR) is 84.1 cm³/mol. The largest absolute Gasteiger partial charge is 0.366 e. The van der Waals surface area contributed by atoms with Crippen molar-refractivity contribution in [2.45, 2.75) is 39.3 Å². The van der Waals surface area contributed by atoms with Gasteiger partial charge in [-0.05, 0) is 17.4 Å². The summed E-state index contributed by atoms with van der Waals surface area (Å²) in [6.07, 6.45) is 0.454. The summed E-state index contributed by atoms with van der Waals surface area (Å²) in [5, 5.41) is 6.36. The van der Waals surface area contributed by atoms with Gasteiger partial charge in [-0.3, -0.25) is 4.79 Å². The Hall–Kier alpha value is -1.39. The van der Waals surface area contributed by atoms with E-state index in [1.54, 1.807) is 0 Å². The molecule has 1 amide bonds. The third-order valence-electron chi connectivity index (χ3n) is 3.86. The molecule has 21 heavy (non-hydrogen) atoms. The van der Waals surface area contributed by atoms with Gasteiger partial charge in [-0.15, -0.1) is 0 Å². The molecule has 0 unspecified atom stereocenters. The molecular weight excluding hydrogens is 264 g/mol. The molecule has 0 aromatic heterocycles. The second-order valence-electron chi connectivity index (χ2n) is 6.68. The minimum Gasteiger partial charge on any atom is -0.366 e. The Morgan fingerprint density at radius 3 is 2.67 bits per heavy atom. The van der Waals surface area contributed by atoms with Crippen molar-refractivity contribution in [3.05, 3.63) is 35.9 Å². The van der Waals surface area contributed by atoms with Crippen molar-refractivity contribution in [2.24, 2.45) is 5.41 Å². The minimum atomic E-state index is -0.376. The number of morpholine rings is 1. The number of nitrogens with one attached hydrogen (secondary N) is 2. The number of amides is 1. The Balaban J connectivity index is 2.01. The highest BCUT2D eigenvalue weighted by Gasteiger charge is 2.30. The summed E-state index contributed by atoms with van der Waals surface area (Å²) in [4.78, 5) is 12.4. The molecule has 0 aliphatic carbocycles. The molecule has 1 aromatic rings. The van der Waals surface area contributed by atoms with Gasteiger partial charge >= 0.3 is 0 Å². The fourth-order valence-electron chi connectivity index (χ4n) is 2.42. The van der Waals surface area contributed by atoms with E-state index >= 15 is 0 Å². The van der Waals surface area contributed by atoms with E-state index in [0.717, 1.165) is 13.0 Å². The predicted octanol–water partition coefficient (Wildman–Crippen LogP) is 1.75. The Labute approximate surface area is 127 Å². The maximum Gasteiger partial charge on any atom is 0.250 e. The molecule has 1 aliphatic heterocycles. The number of carbonyl (C=O) groups is 1. The molecule has 2 N–H and O–H groups in total. The van der Waals surface area contributed by atoms with E-state index < -0.39 is 0 Å². The van der Waals surface area contributed by atoms with Gasteiger partial charge in [0, 0.05) is 19.1 Å². The molecule has 4 heteroatoms. The van der Waals surface area contributed by atoms with Crippen molar-refractivity contribution in [1.29, 1.82) is 0 Å². The summed E-state index contributed by atoms with van der Waals surface area (Å²) in [6.45, 7) is 8.46. The quantitative estimate of drug-likeness (QED) is 0.888. The standard InChI is InChI=1S/C17H26N2O2/c1-17(2,3)15(11-13-7-5-4-6-8-13)19-16(20)14-12-18-9-10-21-14/h4-8,14-15,18H,9-12H2,1-3H3,(H,19,20)/t14-,15+/m0/s1. The van der Waals surface area contributed by atoms with E-state index in [9.17, 15) is 4.79 Å². The lowest BCUT2D eigenvalue weighted by molar-refractivity contribution is -0.135. The Morgan fingerprint density at radius 1 is 1.38 bits per heavy atom. The van der Waals surface area contributed by atoms with E-state index in [0.29, 0.717) is 13.2 Å². The van der Waals surface area contributed by atoms with Gasteiger partial charge in [-0.2, -0.15) is 0 Å². The molecular formula is C17H26N2O2. The van der Waals surface area contributed by atoms with Crippen LogP contribution < -0.4 is 10.6 Å². The topological polar surface area (TPSA) is 50.4 Å². The van der Waals surface area contributed by atoms with Crippen LogP contribution in [-0.4, -0.2) is 37.7 Å². The lowest BCUT2D eigenvalue weighted by Gasteiger charge is -2.33. The fraction of sp³-hybridized carbons (Fsp3) is 0.588. The average Bonchev–Trinajstić information content (AvgIpc) is 2.47. The Bertz CT molecular complexity index is 448. The van der Waals surface area contributed by atoms with Crippen molar-refractivity contribution in [3.8, 4) is 0 Å². The molecule has 2 atom stereocenters. The minimum absolute atomic E-state index is 0.00635. The molecule has 4 nitrogen and oxygen atoms in total. The van der Waals surface area contributed by atoms with Crippen LogP contribution in [0, 0.1) is 5.41 Å². The molecule has 116 valence electrons. The van der Waals surface area contributed by atoms with Gasteiger partial charge < -0.3 is 15.4 Å². The molecule has 1 aromatic carbocycles. The molecule has 0 spiro atoms. The summed E-state index contributed by atoms with van der Waals surface area (Å²) in [6, 6.07) is 10.4. The van der Waals surface area contributed by atoms with E-state index in [2.05, 4.69) is 43.5 Å². The van der Waals surface area contributed by atoms with E-state index in [1.165, 1.54) is 5.56 Å². The van der Waals surface area contributed by atoms with Gasteiger partial charge in [0.2, 0.25) is 0 Å². The first-order valence-corrected chi connectivity index (χ1v) is 7.63. The second kappa shape index (κ2) is 7.05. The highest BCUT2D eigenvalue weighted by atomic mass is 16.5. The van der Waals surface area contributed by atoms with Crippen molar-refractivity contribution < 1.29 is 9.53 Å². The molecule has 2 rings (SSSR count). The fourth-order valence-corrected chi connectivity index (χ4v) is 2.42. The highest BCUT2D eigenvalue weighted by molar-refractivity contribution is 5.81. The first-order chi connectivity index (χ1) is 9.97. The normalized spacial score (nSPS) is 20.8. The van der Waals surface area contributed by atoms with Crippen LogP contribution >= 0.6 is 0 Å². The smallest absolute Gasteiger partial charge is 0.250 e. The summed E-state index contributed by atoms with van der Waals surface area (Å²) < 4.78 is 5.53. The maximum atomic E-state index is 12.4. The zero-order valence-electron chi connectivity index (χ0n) is 13.2. The first kappa shape index (κ1) is 16.0. The van der Waals surface area contributed by atoms with E-state index in [1.807, 2.05) is 18.2 Å². The molecule has 1 saturated heterocycles. The van der Waals surface area contributed by atoms with Crippen LogP contribution in [0.3, 0.4) is 0 Å². The monoisotopic (exact) mass is 290 g/mol. The molecule has 0 saturated carbocycles. The van der Waals surface area contributed by atoms with Crippen LogP contribution in [0.5, 0.6) is 0 Å². The van der Waals surface area contributed by atoms with Crippen LogP contribution in [0.2, 0.25) is 0 Å². The van der Waals surface area contributed by atoms with Gasteiger partial charge in [0.15, 0.2) is 0 Å². The van der Waals surface area contributed by atoms with Crippen LogP contribution in [0.15, 0.2) is 30.3 Å². The van der Waals surface area contributed by atoms with Gasteiger partial charge in [-0.1, -0.05) is 51.1 Å². The molecule has 0 bridgehead atoms. The summed E-state index contributed by atoms with van der Waals surface area (Å²) >= 11 is 0. The number of hydrogen-bond donors (Lipinski definition) is 2. The van der Waals surface area contributed by atoms with Gasteiger partial charge in [-0.25, -0.2) is 0 Å². The number of rotatable bonds is 4. The summed E-state index contributed by atoms with van der Waals surface area (Å²) in [5.41, 5.74) is 1.23. The van der Waals surface area contributed by atoms with Crippen molar-refractivity contribution in [1.82, 2.24) is 10.6 Å².